The second-order valence-electron chi connectivity index (χ2n) is 3.63. The van der Waals surface area contributed by atoms with Gasteiger partial charge in [-0.2, -0.15) is 18.4 Å². The fourth-order valence-corrected chi connectivity index (χ4v) is 1.38. The maximum Gasteiger partial charge on any atom is 0.417 e. The van der Waals surface area contributed by atoms with Crippen LogP contribution in [0.3, 0.4) is 0 Å². The van der Waals surface area contributed by atoms with E-state index in [1.54, 1.807) is 13.0 Å². The minimum Gasteiger partial charge on any atom is -0.352 e. The molecule has 1 amide bonds. The Balaban J connectivity index is 3.19. The first-order valence-corrected chi connectivity index (χ1v) is 5.29. The van der Waals surface area contributed by atoms with Crippen LogP contribution in [0.4, 0.5) is 13.2 Å². The molecule has 18 heavy (non-hydrogen) atoms. The first kappa shape index (κ1) is 14.0. The van der Waals surface area contributed by atoms with Crippen molar-refractivity contribution in [1.82, 2.24) is 5.32 Å². The predicted molar refractivity (Wildman–Crippen MR) is 58.8 cm³/mol. The number of benzene rings is 1. The van der Waals surface area contributed by atoms with E-state index in [2.05, 4.69) is 5.32 Å². The van der Waals surface area contributed by atoms with Gasteiger partial charge < -0.3 is 5.32 Å². The van der Waals surface area contributed by atoms with Gasteiger partial charge in [0, 0.05) is 6.54 Å². The Hall–Kier alpha value is -2.03. The number of halogens is 3. The Morgan fingerprint density at radius 2 is 2.11 bits per heavy atom. The SMILES string of the molecule is CCCNC(=O)c1ccc(C#N)cc1C(F)(F)F. The molecule has 0 aliphatic carbocycles. The normalized spacial score (nSPS) is 10.8. The molecule has 0 aliphatic rings. The lowest BCUT2D eigenvalue weighted by Gasteiger charge is -2.12. The van der Waals surface area contributed by atoms with Gasteiger partial charge in [0.1, 0.15) is 0 Å². The molecule has 0 saturated carbocycles. The van der Waals surface area contributed by atoms with Crippen molar-refractivity contribution in [3.8, 4) is 6.07 Å². The van der Waals surface area contributed by atoms with E-state index in [1.165, 1.54) is 6.07 Å². The highest BCUT2D eigenvalue weighted by Crippen LogP contribution is 2.32. The molecule has 1 N–H and O–H groups in total. The monoisotopic (exact) mass is 256 g/mol. The van der Waals surface area contributed by atoms with Crippen LogP contribution in [0, 0.1) is 11.3 Å². The zero-order chi connectivity index (χ0) is 13.8. The molecule has 0 unspecified atom stereocenters. The van der Waals surface area contributed by atoms with Crippen molar-refractivity contribution in [2.24, 2.45) is 0 Å². The number of hydrogen-bond acceptors (Lipinski definition) is 2. The number of rotatable bonds is 3. The number of nitriles is 1. The van der Waals surface area contributed by atoms with Crippen molar-refractivity contribution in [1.29, 1.82) is 5.26 Å². The Morgan fingerprint density at radius 3 is 2.61 bits per heavy atom. The predicted octanol–water partition coefficient (Wildman–Crippen LogP) is 2.72. The first-order chi connectivity index (χ1) is 8.40. The van der Waals surface area contributed by atoms with Gasteiger partial charge in [0.25, 0.3) is 5.91 Å². The third kappa shape index (κ3) is 3.23. The van der Waals surface area contributed by atoms with Crippen molar-refractivity contribution in [3.63, 3.8) is 0 Å². The van der Waals surface area contributed by atoms with E-state index in [9.17, 15) is 18.0 Å². The van der Waals surface area contributed by atoms with E-state index in [0.717, 1.165) is 6.07 Å². The van der Waals surface area contributed by atoms with Crippen LogP contribution >= 0.6 is 0 Å². The molecule has 0 fully saturated rings. The van der Waals surface area contributed by atoms with E-state index < -0.39 is 23.2 Å². The Bertz CT molecular complexity index is 489. The number of carbonyl (C=O) groups excluding carboxylic acids is 1. The van der Waals surface area contributed by atoms with Gasteiger partial charge in [0.15, 0.2) is 0 Å². The molecule has 0 heterocycles. The zero-order valence-corrected chi connectivity index (χ0v) is 9.64. The topological polar surface area (TPSA) is 52.9 Å². The molecule has 0 atom stereocenters. The third-order valence-electron chi connectivity index (χ3n) is 2.23. The van der Waals surface area contributed by atoms with Gasteiger partial charge in [-0.05, 0) is 24.6 Å². The van der Waals surface area contributed by atoms with Crippen molar-refractivity contribution >= 4 is 5.91 Å². The molecule has 1 aromatic rings. The molecule has 0 aliphatic heterocycles. The van der Waals surface area contributed by atoms with Crippen molar-refractivity contribution in [3.05, 3.63) is 34.9 Å². The van der Waals surface area contributed by atoms with Crippen LogP contribution < -0.4 is 5.32 Å². The zero-order valence-electron chi connectivity index (χ0n) is 9.64. The standard InChI is InChI=1S/C12H11F3N2O/c1-2-5-17-11(18)9-4-3-8(7-16)6-10(9)12(13,14)15/h3-4,6H,2,5H2,1H3,(H,17,18). The number of carbonyl (C=O) groups is 1. The largest absolute Gasteiger partial charge is 0.417 e. The molecule has 1 rings (SSSR count). The molecule has 0 radical (unpaired) electrons. The van der Waals surface area contributed by atoms with Crippen molar-refractivity contribution < 1.29 is 18.0 Å². The molecular formula is C12H11F3N2O. The lowest BCUT2D eigenvalue weighted by molar-refractivity contribution is -0.137. The third-order valence-corrected chi connectivity index (χ3v) is 2.23. The molecule has 96 valence electrons. The van der Waals surface area contributed by atoms with Gasteiger partial charge in [-0.25, -0.2) is 0 Å². The van der Waals surface area contributed by atoms with E-state index in [1.807, 2.05) is 0 Å². The van der Waals surface area contributed by atoms with Gasteiger partial charge in [-0.3, -0.25) is 4.79 Å². The van der Waals surface area contributed by atoms with Crippen LogP contribution in [0.15, 0.2) is 18.2 Å². The minimum absolute atomic E-state index is 0.130. The number of nitrogens with zero attached hydrogens (tertiary/aromatic N) is 1. The van der Waals surface area contributed by atoms with E-state index in [-0.39, 0.29) is 5.56 Å². The van der Waals surface area contributed by atoms with Gasteiger partial charge in [-0.15, -0.1) is 0 Å². The van der Waals surface area contributed by atoms with Gasteiger partial charge in [0.2, 0.25) is 0 Å². The minimum atomic E-state index is -4.66. The first-order valence-electron chi connectivity index (χ1n) is 5.29. The summed E-state index contributed by atoms with van der Waals surface area (Å²) in [6.45, 7) is 2.10. The number of amides is 1. The van der Waals surface area contributed by atoms with Crippen LogP contribution in [0.2, 0.25) is 0 Å². The summed E-state index contributed by atoms with van der Waals surface area (Å²) in [4.78, 5) is 11.6. The molecule has 0 aromatic heterocycles. The summed E-state index contributed by atoms with van der Waals surface area (Å²) in [5, 5.41) is 11.0. The number of hydrogen-bond donors (Lipinski definition) is 1. The maximum absolute atomic E-state index is 12.8. The summed E-state index contributed by atoms with van der Waals surface area (Å²) in [6, 6.07) is 4.51. The lowest BCUT2D eigenvalue weighted by Crippen LogP contribution is -2.27. The van der Waals surface area contributed by atoms with Crippen LogP contribution in [0.5, 0.6) is 0 Å². The summed E-state index contributed by atoms with van der Waals surface area (Å²) in [7, 11) is 0. The number of nitrogens with one attached hydrogen (secondary N) is 1. The fraction of sp³-hybridized carbons (Fsp3) is 0.333. The highest BCUT2D eigenvalue weighted by molar-refractivity contribution is 5.96. The summed E-state index contributed by atoms with van der Waals surface area (Å²) in [5.74, 6) is -0.784. The van der Waals surface area contributed by atoms with E-state index in [0.29, 0.717) is 19.0 Å². The van der Waals surface area contributed by atoms with Crippen LogP contribution in [0.25, 0.3) is 0 Å². The molecule has 1 aromatic carbocycles. The molecule has 6 heteroatoms. The lowest BCUT2D eigenvalue weighted by atomic mass is 10.0. The van der Waals surface area contributed by atoms with Gasteiger partial charge in [0.05, 0.1) is 22.8 Å². The molecule has 0 saturated heterocycles. The second kappa shape index (κ2) is 5.54. The van der Waals surface area contributed by atoms with Crippen LogP contribution in [-0.4, -0.2) is 12.5 Å². The fourth-order valence-electron chi connectivity index (χ4n) is 1.38. The van der Waals surface area contributed by atoms with Crippen LogP contribution in [0.1, 0.15) is 34.8 Å². The highest BCUT2D eigenvalue weighted by Gasteiger charge is 2.35. The quantitative estimate of drug-likeness (QED) is 0.904. The Morgan fingerprint density at radius 1 is 1.44 bits per heavy atom. The van der Waals surface area contributed by atoms with Crippen molar-refractivity contribution in [2.75, 3.05) is 6.54 Å². The maximum atomic E-state index is 12.8. The second-order valence-corrected chi connectivity index (χ2v) is 3.63. The van der Waals surface area contributed by atoms with Gasteiger partial charge >= 0.3 is 6.18 Å². The highest BCUT2D eigenvalue weighted by atomic mass is 19.4. The summed E-state index contributed by atoms with van der Waals surface area (Å²) >= 11 is 0. The average Bonchev–Trinajstić information content (AvgIpc) is 2.34. The average molecular weight is 256 g/mol. The molecule has 0 bridgehead atoms. The summed E-state index contributed by atoms with van der Waals surface area (Å²) in [6.07, 6.45) is -4.03. The van der Waals surface area contributed by atoms with E-state index in [4.69, 9.17) is 5.26 Å². The molecular weight excluding hydrogens is 245 g/mol. The molecule has 3 nitrogen and oxygen atoms in total. The smallest absolute Gasteiger partial charge is 0.352 e. The van der Waals surface area contributed by atoms with Crippen molar-refractivity contribution in [2.45, 2.75) is 19.5 Å². The number of alkyl halides is 3. The van der Waals surface area contributed by atoms with E-state index >= 15 is 0 Å². The Labute approximate surface area is 102 Å². The van der Waals surface area contributed by atoms with Crippen LogP contribution in [-0.2, 0) is 6.18 Å². The summed E-state index contributed by atoms with van der Waals surface area (Å²) < 4.78 is 38.3. The molecule has 0 spiro atoms. The Kier molecular flexibility index (Phi) is 4.32. The summed E-state index contributed by atoms with van der Waals surface area (Å²) in [5.41, 5.74) is -1.68. The van der Waals surface area contributed by atoms with Gasteiger partial charge in [-0.1, -0.05) is 6.92 Å².